The molecule has 1 aliphatic heterocycles. The molecule has 0 bridgehead atoms. The summed E-state index contributed by atoms with van der Waals surface area (Å²) in [5, 5.41) is 15.8. The van der Waals surface area contributed by atoms with E-state index in [1.165, 1.54) is 24.6 Å². The van der Waals surface area contributed by atoms with Gasteiger partial charge in [-0.15, -0.1) is 11.3 Å². The maximum absolute atomic E-state index is 13.2. The quantitative estimate of drug-likeness (QED) is 0.683. The van der Waals surface area contributed by atoms with Gasteiger partial charge in [0.15, 0.2) is 16.6 Å². The van der Waals surface area contributed by atoms with E-state index in [0.29, 0.717) is 16.0 Å². The number of nitrogens with zero attached hydrogens (tertiary/aromatic N) is 3. The molecule has 3 heterocycles. The molecule has 0 unspecified atom stereocenters. The number of carbonyl (C=O) groups excluding carboxylic acids is 1. The molecule has 10 heteroatoms. The second-order valence-electron chi connectivity index (χ2n) is 6.22. The number of likely N-dealkylation sites (N-methyl/N-ethyl adjacent to an activating group) is 1. The van der Waals surface area contributed by atoms with Gasteiger partial charge in [0.2, 0.25) is 0 Å². The number of sulfonamides is 1. The number of aryl methyl sites for hydroxylation is 2. The van der Waals surface area contributed by atoms with Crippen LogP contribution in [0.15, 0.2) is 40.4 Å². The maximum atomic E-state index is 13.2. The maximum Gasteiger partial charge on any atom is 0.278 e. The highest BCUT2D eigenvalue weighted by Crippen LogP contribution is 2.41. The first kappa shape index (κ1) is 17.6. The van der Waals surface area contributed by atoms with Gasteiger partial charge in [0.25, 0.3) is 15.9 Å². The molecule has 0 radical (unpaired) electrons. The van der Waals surface area contributed by atoms with E-state index in [1.807, 2.05) is 19.1 Å². The van der Waals surface area contributed by atoms with Crippen molar-refractivity contribution >= 4 is 49.1 Å². The zero-order valence-electron chi connectivity index (χ0n) is 14.7. The second kappa shape index (κ2) is 5.83. The zero-order chi connectivity index (χ0) is 19.5. The lowest BCUT2D eigenvalue weighted by Crippen LogP contribution is -2.37. The standard InChI is InChI=1S/C17H16N4O4S2/c1-9-4-5-10-11(8-9)20(2)12-14(22)13(21(3)27(24,25)15(10)12)16(23)19-17-18-6-7-26-17/h4-8,22H,1-3H3,(H,18,19,23). The van der Waals surface area contributed by atoms with Crippen molar-refractivity contribution in [1.29, 1.82) is 0 Å². The molecule has 1 aliphatic rings. The molecular formula is C17H16N4O4S2. The van der Waals surface area contributed by atoms with Gasteiger partial charge in [0, 0.05) is 36.6 Å². The molecule has 8 nitrogen and oxygen atoms in total. The van der Waals surface area contributed by atoms with Crippen LogP contribution in [0.2, 0.25) is 0 Å². The molecule has 2 N–H and O–H groups in total. The lowest BCUT2D eigenvalue weighted by Gasteiger charge is -2.27. The molecule has 0 saturated carbocycles. The number of aromatic nitrogens is 2. The van der Waals surface area contributed by atoms with E-state index in [-0.39, 0.29) is 16.3 Å². The Morgan fingerprint density at radius 1 is 1.30 bits per heavy atom. The van der Waals surface area contributed by atoms with Gasteiger partial charge in [-0.3, -0.25) is 14.4 Å². The summed E-state index contributed by atoms with van der Waals surface area (Å²) in [6.45, 7) is 1.90. The van der Waals surface area contributed by atoms with Crippen LogP contribution < -0.4 is 5.32 Å². The predicted molar refractivity (Wildman–Crippen MR) is 103 cm³/mol. The minimum absolute atomic E-state index is 0.00852. The van der Waals surface area contributed by atoms with E-state index in [2.05, 4.69) is 10.3 Å². The molecule has 0 aliphatic carbocycles. The van der Waals surface area contributed by atoms with Gasteiger partial charge in [0.1, 0.15) is 10.6 Å². The van der Waals surface area contributed by atoms with Crippen molar-refractivity contribution in [2.24, 2.45) is 7.05 Å². The number of amides is 1. The van der Waals surface area contributed by atoms with Gasteiger partial charge in [-0.25, -0.2) is 13.4 Å². The fourth-order valence-corrected chi connectivity index (χ4v) is 5.39. The summed E-state index contributed by atoms with van der Waals surface area (Å²) in [4.78, 5) is 16.6. The fraction of sp³-hybridized carbons (Fsp3) is 0.176. The Bertz CT molecular complexity index is 1220. The van der Waals surface area contributed by atoms with Crippen LogP contribution in [0.3, 0.4) is 0 Å². The van der Waals surface area contributed by atoms with Crippen molar-refractivity contribution in [2.75, 3.05) is 12.4 Å². The third-order valence-electron chi connectivity index (χ3n) is 4.56. The Balaban J connectivity index is 1.99. The molecule has 140 valence electrons. The van der Waals surface area contributed by atoms with Gasteiger partial charge < -0.3 is 9.67 Å². The second-order valence-corrected chi connectivity index (χ2v) is 9.02. The third kappa shape index (κ3) is 2.44. The van der Waals surface area contributed by atoms with Gasteiger partial charge in [0.05, 0.1) is 0 Å². The summed E-state index contributed by atoms with van der Waals surface area (Å²) in [5.41, 5.74) is 1.36. The zero-order valence-corrected chi connectivity index (χ0v) is 16.3. The minimum Gasteiger partial charge on any atom is -0.504 e. The van der Waals surface area contributed by atoms with Gasteiger partial charge in [-0.2, -0.15) is 0 Å². The molecule has 0 fully saturated rings. The number of aliphatic hydroxyl groups excluding tert-OH is 1. The topological polar surface area (TPSA) is 105 Å². The summed E-state index contributed by atoms with van der Waals surface area (Å²) < 4.78 is 28.7. The van der Waals surface area contributed by atoms with Crippen molar-refractivity contribution in [3.05, 3.63) is 46.7 Å². The van der Waals surface area contributed by atoms with Crippen molar-refractivity contribution < 1.29 is 18.3 Å². The van der Waals surface area contributed by atoms with E-state index in [1.54, 1.807) is 23.1 Å². The van der Waals surface area contributed by atoms with Crippen molar-refractivity contribution in [3.8, 4) is 0 Å². The van der Waals surface area contributed by atoms with Crippen LogP contribution in [-0.2, 0) is 21.9 Å². The van der Waals surface area contributed by atoms with E-state index < -0.39 is 21.7 Å². The van der Waals surface area contributed by atoms with Crippen LogP contribution in [0.25, 0.3) is 16.7 Å². The van der Waals surface area contributed by atoms with E-state index in [4.69, 9.17) is 0 Å². The number of hydrogen-bond donors (Lipinski definition) is 2. The lowest BCUT2D eigenvalue weighted by atomic mass is 10.2. The number of rotatable bonds is 2. The summed E-state index contributed by atoms with van der Waals surface area (Å²) in [6.07, 6.45) is 1.51. The molecule has 1 aromatic carbocycles. The monoisotopic (exact) mass is 404 g/mol. The van der Waals surface area contributed by atoms with Gasteiger partial charge in [-0.05, 0) is 18.6 Å². The Morgan fingerprint density at radius 3 is 2.70 bits per heavy atom. The number of anilines is 1. The van der Waals surface area contributed by atoms with Crippen LogP contribution in [0.1, 0.15) is 11.3 Å². The predicted octanol–water partition coefficient (Wildman–Crippen LogP) is 2.44. The van der Waals surface area contributed by atoms with Crippen LogP contribution in [0, 0.1) is 6.92 Å². The van der Waals surface area contributed by atoms with Crippen LogP contribution in [-0.4, -0.2) is 40.3 Å². The Morgan fingerprint density at radius 2 is 2.04 bits per heavy atom. The number of hydrogen-bond acceptors (Lipinski definition) is 6. The molecular weight excluding hydrogens is 388 g/mol. The largest absolute Gasteiger partial charge is 0.504 e. The Hall–Kier alpha value is -2.85. The molecule has 0 saturated heterocycles. The molecule has 2 aromatic heterocycles. The average molecular weight is 404 g/mol. The molecule has 4 rings (SSSR count). The fourth-order valence-electron chi connectivity index (χ4n) is 3.25. The summed E-state index contributed by atoms with van der Waals surface area (Å²) in [5.74, 6) is -1.15. The molecule has 0 atom stereocenters. The first-order chi connectivity index (χ1) is 12.7. The minimum atomic E-state index is -4.03. The highest BCUT2D eigenvalue weighted by Gasteiger charge is 2.41. The number of carbonyl (C=O) groups is 1. The molecule has 0 spiro atoms. The molecule has 27 heavy (non-hydrogen) atoms. The number of aliphatic hydroxyl groups is 1. The highest BCUT2D eigenvalue weighted by atomic mass is 32.2. The van der Waals surface area contributed by atoms with Crippen LogP contribution >= 0.6 is 11.3 Å². The SMILES string of the molecule is Cc1ccc2c3c(n(C)c2c1)C(O)=C(C(=O)Nc1nccs1)N(C)S3(=O)=O. The smallest absolute Gasteiger partial charge is 0.278 e. The molecule has 3 aromatic rings. The van der Waals surface area contributed by atoms with Gasteiger partial charge in [-0.1, -0.05) is 12.1 Å². The number of nitrogens with one attached hydrogen (secondary N) is 1. The van der Waals surface area contributed by atoms with Crippen molar-refractivity contribution in [2.45, 2.75) is 11.8 Å². The lowest BCUT2D eigenvalue weighted by molar-refractivity contribution is -0.113. The number of fused-ring (bicyclic) bond motifs is 3. The van der Waals surface area contributed by atoms with E-state index in [9.17, 15) is 18.3 Å². The summed E-state index contributed by atoms with van der Waals surface area (Å²) >= 11 is 1.19. The van der Waals surface area contributed by atoms with Crippen LogP contribution in [0.5, 0.6) is 0 Å². The van der Waals surface area contributed by atoms with E-state index >= 15 is 0 Å². The average Bonchev–Trinajstić information content (AvgIpc) is 3.20. The number of benzene rings is 1. The summed E-state index contributed by atoms with van der Waals surface area (Å²) in [6, 6.07) is 5.36. The number of thiazole rings is 1. The third-order valence-corrected chi connectivity index (χ3v) is 7.08. The first-order valence-corrected chi connectivity index (χ1v) is 10.3. The van der Waals surface area contributed by atoms with Gasteiger partial charge >= 0.3 is 0 Å². The highest BCUT2D eigenvalue weighted by molar-refractivity contribution is 7.89. The Labute approximate surface area is 159 Å². The van der Waals surface area contributed by atoms with Crippen LogP contribution in [0.4, 0.5) is 5.13 Å². The van der Waals surface area contributed by atoms with Crippen molar-refractivity contribution in [1.82, 2.24) is 13.9 Å². The summed E-state index contributed by atoms with van der Waals surface area (Å²) in [7, 11) is -1.12. The normalized spacial score (nSPS) is 15.9. The Kier molecular flexibility index (Phi) is 3.79. The van der Waals surface area contributed by atoms with E-state index in [0.717, 1.165) is 9.87 Å². The molecule has 1 amide bonds. The van der Waals surface area contributed by atoms with Crippen molar-refractivity contribution in [3.63, 3.8) is 0 Å². The first-order valence-electron chi connectivity index (χ1n) is 7.96.